The van der Waals surface area contributed by atoms with Gasteiger partial charge in [0.25, 0.3) is 5.91 Å². The number of rotatable bonds is 5. The largest absolute Gasteiger partial charge is 0.355 e. The SMILES string of the molecule is CCCN1CCCN(c2ccc(C(=O)NCC)cn2)CC1. The molecule has 1 aliphatic heterocycles. The van der Waals surface area contributed by atoms with Crippen molar-refractivity contribution >= 4 is 11.7 Å². The molecule has 116 valence electrons. The summed E-state index contributed by atoms with van der Waals surface area (Å²) in [5.41, 5.74) is 0.628. The molecule has 5 nitrogen and oxygen atoms in total. The molecule has 0 radical (unpaired) electrons. The van der Waals surface area contributed by atoms with Crippen molar-refractivity contribution in [1.82, 2.24) is 15.2 Å². The Morgan fingerprint density at radius 2 is 2.10 bits per heavy atom. The maximum Gasteiger partial charge on any atom is 0.252 e. The molecule has 21 heavy (non-hydrogen) atoms. The van der Waals surface area contributed by atoms with Gasteiger partial charge in [0.05, 0.1) is 5.56 Å². The Balaban J connectivity index is 1.97. The van der Waals surface area contributed by atoms with Crippen molar-refractivity contribution in [2.24, 2.45) is 0 Å². The van der Waals surface area contributed by atoms with Gasteiger partial charge in [-0.1, -0.05) is 6.92 Å². The molecule has 1 aliphatic rings. The Hall–Kier alpha value is -1.62. The van der Waals surface area contributed by atoms with E-state index in [1.807, 2.05) is 19.1 Å². The highest BCUT2D eigenvalue weighted by Gasteiger charge is 2.15. The van der Waals surface area contributed by atoms with Crippen LogP contribution in [0.4, 0.5) is 5.82 Å². The Bertz CT molecular complexity index is 446. The van der Waals surface area contributed by atoms with E-state index in [9.17, 15) is 4.79 Å². The van der Waals surface area contributed by atoms with Crippen LogP contribution in [0, 0.1) is 0 Å². The summed E-state index contributed by atoms with van der Waals surface area (Å²) in [5, 5.41) is 2.79. The molecule has 5 heteroatoms. The smallest absolute Gasteiger partial charge is 0.252 e. The second-order valence-electron chi connectivity index (χ2n) is 5.45. The van der Waals surface area contributed by atoms with Gasteiger partial charge in [0.1, 0.15) is 5.82 Å². The normalized spacial score (nSPS) is 16.6. The van der Waals surface area contributed by atoms with Crippen LogP contribution in [-0.4, -0.2) is 55.1 Å². The highest BCUT2D eigenvalue weighted by atomic mass is 16.1. The number of amides is 1. The van der Waals surface area contributed by atoms with Crippen LogP contribution in [0.15, 0.2) is 18.3 Å². The second kappa shape index (κ2) is 7.98. The van der Waals surface area contributed by atoms with Gasteiger partial charge in [-0.3, -0.25) is 4.79 Å². The average molecular weight is 290 g/mol. The molecule has 1 fully saturated rings. The predicted molar refractivity (Wildman–Crippen MR) is 85.8 cm³/mol. The van der Waals surface area contributed by atoms with E-state index in [-0.39, 0.29) is 5.91 Å². The van der Waals surface area contributed by atoms with Crippen molar-refractivity contribution in [2.45, 2.75) is 26.7 Å². The highest BCUT2D eigenvalue weighted by molar-refractivity contribution is 5.93. The van der Waals surface area contributed by atoms with E-state index >= 15 is 0 Å². The van der Waals surface area contributed by atoms with Gasteiger partial charge in [0.2, 0.25) is 0 Å². The fourth-order valence-electron chi connectivity index (χ4n) is 2.71. The van der Waals surface area contributed by atoms with E-state index in [4.69, 9.17) is 0 Å². The first-order valence-corrected chi connectivity index (χ1v) is 7.96. The summed E-state index contributed by atoms with van der Waals surface area (Å²) in [4.78, 5) is 21.0. The quantitative estimate of drug-likeness (QED) is 0.897. The van der Waals surface area contributed by atoms with Crippen LogP contribution in [0.3, 0.4) is 0 Å². The molecule has 0 atom stereocenters. The van der Waals surface area contributed by atoms with Crippen LogP contribution in [0.2, 0.25) is 0 Å². The summed E-state index contributed by atoms with van der Waals surface area (Å²) in [6, 6.07) is 3.82. The number of nitrogens with one attached hydrogen (secondary N) is 1. The van der Waals surface area contributed by atoms with E-state index in [0.29, 0.717) is 12.1 Å². The Morgan fingerprint density at radius 1 is 1.24 bits per heavy atom. The van der Waals surface area contributed by atoms with Crippen molar-refractivity contribution in [3.05, 3.63) is 23.9 Å². The number of anilines is 1. The zero-order valence-electron chi connectivity index (χ0n) is 13.1. The molecule has 1 amide bonds. The molecule has 0 bridgehead atoms. The van der Waals surface area contributed by atoms with Crippen LogP contribution in [0.25, 0.3) is 0 Å². The summed E-state index contributed by atoms with van der Waals surface area (Å²) in [6.07, 6.45) is 4.05. The van der Waals surface area contributed by atoms with Crippen molar-refractivity contribution in [3.8, 4) is 0 Å². The van der Waals surface area contributed by atoms with Gasteiger partial charge in [0, 0.05) is 32.4 Å². The molecular weight excluding hydrogens is 264 g/mol. The fourth-order valence-corrected chi connectivity index (χ4v) is 2.71. The van der Waals surface area contributed by atoms with Crippen molar-refractivity contribution < 1.29 is 4.79 Å². The molecule has 1 saturated heterocycles. The predicted octanol–water partition coefficient (Wildman–Crippen LogP) is 1.75. The Labute approximate surface area is 127 Å². The standard InChI is InChI=1S/C16H26N4O/c1-3-8-19-9-5-10-20(12-11-19)15-7-6-14(13-18-15)16(21)17-4-2/h6-7,13H,3-5,8-12H2,1-2H3,(H,17,21). The van der Waals surface area contributed by atoms with Gasteiger partial charge < -0.3 is 15.1 Å². The summed E-state index contributed by atoms with van der Waals surface area (Å²) in [7, 11) is 0. The monoisotopic (exact) mass is 290 g/mol. The molecule has 0 saturated carbocycles. The van der Waals surface area contributed by atoms with Gasteiger partial charge in [-0.05, 0) is 45.0 Å². The molecule has 1 aromatic heterocycles. The summed E-state index contributed by atoms with van der Waals surface area (Å²) < 4.78 is 0. The van der Waals surface area contributed by atoms with Crippen LogP contribution in [0.1, 0.15) is 37.0 Å². The first-order valence-electron chi connectivity index (χ1n) is 7.96. The van der Waals surface area contributed by atoms with Crippen molar-refractivity contribution in [3.63, 3.8) is 0 Å². The maximum absolute atomic E-state index is 11.7. The lowest BCUT2D eigenvalue weighted by atomic mass is 10.2. The highest BCUT2D eigenvalue weighted by Crippen LogP contribution is 2.14. The molecular formula is C16H26N4O. The third-order valence-electron chi connectivity index (χ3n) is 3.80. The lowest BCUT2D eigenvalue weighted by molar-refractivity contribution is 0.0955. The van der Waals surface area contributed by atoms with Gasteiger partial charge in [-0.15, -0.1) is 0 Å². The number of carbonyl (C=O) groups excluding carboxylic acids is 1. The number of aromatic nitrogens is 1. The lowest BCUT2D eigenvalue weighted by Gasteiger charge is -2.22. The number of hydrogen-bond donors (Lipinski definition) is 1. The van der Waals surface area contributed by atoms with E-state index in [1.54, 1.807) is 6.20 Å². The van der Waals surface area contributed by atoms with Crippen LogP contribution < -0.4 is 10.2 Å². The van der Waals surface area contributed by atoms with E-state index < -0.39 is 0 Å². The Morgan fingerprint density at radius 3 is 2.76 bits per heavy atom. The zero-order chi connectivity index (χ0) is 15.1. The minimum Gasteiger partial charge on any atom is -0.355 e. The number of carbonyl (C=O) groups is 1. The number of hydrogen-bond acceptors (Lipinski definition) is 4. The van der Waals surface area contributed by atoms with Crippen molar-refractivity contribution in [2.75, 3.05) is 44.2 Å². The van der Waals surface area contributed by atoms with Crippen molar-refractivity contribution in [1.29, 1.82) is 0 Å². The molecule has 0 unspecified atom stereocenters. The molecule has 2 rings (SSSR count). The molecule has 1 aromatic rings. The van der Waals surface area contributed by atoms with Gasteiger partial charge in [-0.2, -0.15) is 0 Å². The minimum absolute atomic E-state index is 0.0541. The Kier molecular flexibility index (Phi) is 5.99. The molecule has 0 aromatic carbocycles. The topological polar surface area (TPSA) is 48.5 Å². The lowest BCUT2D eigenvalue weighted by Crippen LogP contribution is -2.31. The summed E-state index contributed by atoms with van der Waals surface area (Å²) in [5.74, 6) is 0.919. The molecule has 0 aliphatic carbocycles. The van der Waals surface area contributed by atoms with Gasteiger partial charge in [-0.25, -0.2) is 4.98 Å². The first kappa shape index (κ1) is 15.8. The maximum atomic E-state index is 11.7. The zero-order valence-corrected chi connectivity index (χ0v) is 13.1. The summed E-state index contributed by atoms with van der Waals surface area (Å²) in [6.45, 7) is 10.3. The van der Waals surface area contributed by atoms with Crippen LogP contribution >= 0.6 is 0 Å². The molecule has 2 heterocycles. The van der Waals surface area contributed by atoms with Gasteiger partial charge >= 0.3 is 0 Å². The minimum atomic E-state index is -0.0541. The number of nitrogens with zero attached hydrogens (tertiary/aromatic N) is 3. The first-order chi connectivity index (χ1) is 10.2. The third-order valence-corrected chi connectivity index (χ3v) is 3.80. The van der Waals surface area contributed by atoms with E-state index in [1.165, 1.54) is 25.9 Å². The van der Waals surface area contributed by atoms with Gasteiger partial charge in [0.15, 0.2) is 0 Å². The van der Waals surface area contributed by atoms with Crippen LogP contribution in [0.5, 0.6) is 0 Å². The van der Waals surface area contributed by atoms with E-state index in [0.717, 1.165) is 25.5 Å². The third kappa shape index (κ3) is 4.43. The average Bonchev–Trinajstić information content (AvgIpc) is 2.74. The molecule has 1 N–H and O–H groups in total. The fraction of sp³-hybridized carbons (Fsp3) is 0.625. The van der Waals surface area contributed by atoms with E-state index in [2.05, 4.69) is 27.0 Å². The second-order valence-corrected chi connectivity index (χ2v) is 5.45. The summed E-state index contributed by atoms with van der Waals surface area (Å²) >= 11 is 0. The number of pyridine rings is 1. The molecule has 0 spiro atoms. The van der Waals surface area contributed by atoms with Crippen LogP contribution in [-0.2, 0) is 0 Å².